The van der Waals surface area contributed by atoms with E-state index in [0.29, 0.717) is 11.9 Å². The number of nitrogens with one attached hydrogen (secondary N) is 2. The highest BCUT2D eigenvalue weighted by Crippen LogP contribution is 2.23. The van der Waals surface area contributed by atoms with Crippen molar-refractivity contribution in [2.45, 2.75) is 51.6 Å². The van der Waals surface area contributed by atoms with Crippen LogP contribution in [0.15, 0.2) is 23.4 Å². The van der Waals surface area contributed by atoms with Crippen molar-refractivity contribution >= 4 is 5.82 Å². The molecule has 1 fully saturated rings. The predicted molar refractivity (Wildman–Crippen MR) is 98.8 cm³/mol. The van der Waals surface area contributed by atoms with Crippen LogP contribution in [0.2, 0.25) is 0 Å². The van der Waals surface area contributed by atoms with Crippen LogP contribution in [0.1, 0.15) is 44.9 Å². The third kappa shape index (κ3) is 3.92. The number of hydrogen-bond donors (Lipinski definition) is 2. The molecule has 0 saturated carbocycles. The Labute approximate surface area is 148 Å². The second kappa shape index (κ2) is 7.00. The molecule has 2 aromatic rings. The van der Waals surface area contributed by atoms with Crippen LogP contribution in [-0.2, 0) is 19.0 Å². The van der Waals surface area contributed by atoms with Crippen LogP contribution in [0.4, 0.5) is 5.82 Å². The number of aromatic amines is 1. The van der Waals surface area contributed by atoms with Gasteiger partial charge in [-0.25, -0.2) is 4.98 Å². The largest absolute Gasteiger partial charge is 0.350 e. The predicted octanol–water partition coefficient (Wildman–Crippen LogP) is 1.56. The number of anilines is 1. The van der Waals surface area contributed by atoms with E-state index in [9.17, 15) is 4.79 Å². The first-order valence-corrected chi connectivity index (χ1v) is 8.89. The number of hydrogen-bond acceptors (Lipinski definition) is 5. The molecular weight excluding hydrogens is 316 g/mol. The number of rotatable bonds is 4. The minimum Gasteiger partial charge on any atom is -0.350 e. The van der Waals surface area contributed by atoms with Crippen LogP contribution in [0.25, 0.3) is 0 Å². The smallest absolute Gasteiger partial charge is 0.293 e. The van der Waals surface area contributed by atoms with Crippen LogP contribution in [0.5, 0.6) is 0 Å². The summed E-state index contributed by atoms with van der Waals surface area (Å²) < 4.78 is 1.58. The van der Waals surface area contributed by atoms with Crippen LogP contribution in [-0.4, -0.2) is 38.9 Å². The maximum Gasteiger partial charge on any atom is 0.293 e. The second-order valence-corrected chi connectivity index (χ2v) is 7.85. The summed E-state index contributed by atoms with van der Waals surface area (Å²) in [5.74, 6) is 0.551. The molecule has 2 aromatic heterocycles. The molecule has 0 aliphatic carbocycles. The van der Waals surface area contributed by atoms with Gasteiger partial charge in [-0.1, -0.05) is 20.8 Å². The van der Waals surface area contributed by atoms with Crippen molar-refractivity contribution in [2.75, 3.05) is 18.0 Å². The molecule has 1 aliphatic heterocycles. The maximum absolute atomic E-state index is 12.3. The highest BCUT2D eigenvalue weighted by atomic mass is 16.1. The molecule has 3 rings (SSSR count). The fourth-order valence-electron chi connectivity index (χ4n) is 3.39. The van der Waals surface area contributed by atoms with Gasteiger partial charge in [0.2, 0.25) is 0 Å². The third-order valence-electron chi connectivity index (χ3n) is 4.77. The highest BCUT2D eigenvalue weighted by molar-refractivity contribution is 5.36. The van der Waals surface area contributed by atoms with E-state index in [0.717, 1.165) is 32.5 Å². The molecule has 1 atom stereocenters. The molecule has 0 amide bonds. The third-order valence-corrected chi connectivity index (χ3v) is 4.77. The molecule has 1 unspecified atom stereocenters. The quantitative estimate of drug-likeness (QED) is 0.880. The number of nitrogens with zero attached hydrogens (tertiary/aromatic N) is 4. The highest BCUT2D eigenvalue weighted by Gasteiger charge is 2.24. The van der Waals surface area contributed by atoms with Gasteiger partial charge in [0, 0.05) is 61.8 Å². The summed E-state index contributed by atoms with van der Waals surface area (Å²) in [6.45, 7) is 9.01. The molecule has 136 valence electrons. The molecule has 3 heterocycles. The van der Waals surface area contributed by atoms with Gasteiger partial charge in [0.15, 0.2) is 5.82 Å². The van der Waals surface area contributed by atoms with Crippen molar-refractivity contribution in [2.24, 2.45) is 7.05 Å². The van der Waals surface area contributed by atoms with E-state index >= 15 is 0 Å². The molecule has 0 aromatic carbocycles. The first-order valence-electron chi connectivity index (χ1n) is 8.89. The van der Waals surface area contributed by atoms with Crippen molar-refractivity contribution in [1.82, 2.24) is 25.1 Å². The summed E-state index contributed by atoms with van der Waals surface area (Å²) >= 11 is 0. The summed E-state index contributed by atoms with van der Waals surface area (Å²) in [4.78, 5) is 18.7. The molecule has 25 heavy (non-hydrogen) atoms. The van der Waals surface area contributed by atoms with Gasteiger partial charge in [0.25, 0.3) is 5.56 Å². The van der Waals surface area contributed by atoms with E-state index in [1.165, 1.54) is 11.3 Å². The van der Waals surface area contributed by atoms with Gasteiger partial charge in [-0.05, 0) is 12.8 Å². The molecule has 7 heteroatoms. The Kier molecular flexibility index (Phi) is 4.94. The van der Waals surface area contributed by atoms with Crippen LogP contribution < -0.4 is 15.8 Å². The number of piperidine rings is 1. The van der Waals surface area contributed by atoms with Crippen LogP contribution in [0.3, 0.4) is 0 Å². The molecule has 0 bridgehead atoms. The lowest BCUT2D eigenvalue weighted by Crippen LogP contribution is -2.47. The SMILES string of the molecule is Cn1ccnc(N2CCCC(NCc3cn[nH]c3C(C)(C)C)C2)c1=O. The van der Waals surface area contributed by atoms with Gasteiger partial charge in [-0.15, -0.1) is 0 Å². The standard InChI is InChI=1S/C18H28N6O/c1-18(2,3)15-13(11-21-22-15)10-20-14-6-5-8-24(12-14)16-17(25)23(4)9-7-19-16/h7,9,11,14,20H,5-6,8,10,12H2,1-4H3,(H,21,22). The lowest BCUT2D eigenvalue weighted by Gasteiger charge is -2.33. The Morgan fingerprint density at radius 2 is 2.20 bits per heavy atom. The van der Waals surface area contributed by atoms with Gasteiger partial charge in [-0.2, -0.15) is 5.10 Å². The normalized spacial score (nSPS) is 18.6. The second-order valence-electron chi connectivity index (χ2n) is 7.85. The Balaban J connectivity index is 1.66. The van der Waals surface area contributed by atoms with Gasteiger partial charge in [0.05, 0.1) is 6.20 Å². The summed E-state index contributed by atoms with van der Waals surface area (Å²) in [6, 6.07) is 0.336. The van der Waals surface area contributed by atoms with E-state index in [1.54, 1.807) is 24.0 Å². The van der Waals surface area contributed by atoms with E-state index in [2.05, 4.69) is 46.2 Å². The van der Waals surface area contributed by atoms with E-state index in [4.69, 9.17) is 0 Å². The number of aromatic nitrogens is 4. The first-order chi connectivity index (χ1) is 11.9. The summed E-state index contributed by atoms with van der Waals surface area (Å²) in [5.41, 5.74) is 2.39. The molecule has 0 spiro atoms. The Morgan fingerprint density at radius 3 is 2.96 bits per heavy atom. The van der Waals surface area contributed by atoms with E-state index in [-0.39, 0.29) is 11.0 Å². The van der Waals surface area contributed by atoms with Crippen LogP contribution in [0, 0.1) is 0 Å². The van der Waals surface area contributed by atoms with Crippen molar-refractivity contribution in [3.05, 3.63) is 40.2 Å². The minimum atomic E-state index is -0.0343. The average molecular weight is 344 g/mol. The monoisotopic (exact) mass is 344 g/mol. The van der Waals surface area contributed by atoms with Crippen molar-refractivity contribution in [3.8, 4) is 0 Å². The molecule has 2 N–H and O–H groups in total. The zero-order valence-corrected chi connectivity index (χ0v) is 15.5. The van der Waals surface area contributed by atoms with E-state index < -0.39 is 0 Å². The Bertz CT molecular complexity index is 772. The van der Waals surface area contributed by atoms with Crippen molar-refractivity contribution < 1.29 is 0 Å². The Morgan fingerprint density at radius 1 is 1.40 bits per heavy atom. The number of aryl methyl sites for hydroxylation is 1. The molecule has 0 radical (unpaired) electrons. The fraction of sp³-hybridized carbons (Fsp3) is 0.611. The lowest BCUT2D eigenvalue weighted by atomic mass is 9.89. The molecule has 1 saturated heterocycles. The molecule has 7 nitrogen and oxygen atoms in total. The zero-order valence-electron chi connectivity index (χ0n) is 15.5. The van der Waals surface area contributed by atoms with Crippen molar-refractivity contribution in [1.29, 1.82) is 0 Å². The summed E-state index contributed by atoms with van der Waals surface area (Å²) in [5, 5.41) is 11.0. The lowest BCUT2D eigenvalue weighted by molar-refractivity contribution is 0.416. The first kappa shape index (κ1) is 17.7. The summed E-state index contributed by atoms with van der Waals surface area (Å²) in [6.07, 6.45) is 7.44. The van der Waals surface area contributed by atoms with Crippen LogP contribution >= 0.6 is 0 Å². The Hall–Kier alpha value is -2.15. The van der Waals surface area contributed by atoms with Crippen molar-refractivity contribution in [3.63, 3.8) is 0 Å². The molecule has 1 aliphatic rings. The topological polar surface area (TPSA) is 78.8 Å². The zero-order chi connectivity index (χ0) is 18.0. The maximum atomic E-state index is 12.3. The van der Waals surface area contributed by atoms with Gasteiger partial charge < -0.3 is 14.8 Å². The summed E-state index contributed by atoms with van der Waals surface area (Å²) in [7, 11) is 1.76. The minimum absolute atomic E-state index is 0.0343. The molecular formula is C18H28N6O. The van der Waals surface area contributed by atoms with Gasteiger partial charge in [-0.3, -0.25) is 9.89 Å². The van der Waals surface area contributed by atoms with E-state index in [1.807, 2.05) is 6.20 Å². The van der Waals surface area contributed by atoms with Gasteiger partial charge >= 0.3 is 0 Å². The van der Waals surface area contributed by atoms with Gasteiger partial charge in [0.1, 0.15) is 0 Å². The number of H-pyrrole nitrogens is 1. The average Bonchev–Trinajstić information content (AvgIpc) is 3.05. The fourth-order valence-corrected chi connectivity index (χ4v) is 3.39.